The Kier molecular flexibility index (Phi) is 3.94. The second-order valence-corrected chi connectivity index (χ2v) is 3.38. The highest BCUT2D eigenvalue weighted by Crippen LogP contribution is 2.23. The summed E-state index contributed by atoms with van der Waals surface area (Å²) in [7, 11) is 0. The van der Waals surface area contributed by atoms with Crippen LogP contribution in [0.25, 0.3) is 0 Å². The molecule has 0 spiro atoms. The van der Waals surface area contributed by atoms with E-state index in [2.05, 4.69) is 10.3 Å². The van der Waals surface area contributed by atoms with Crippen molar-refractivity contribution in [2.45, 2.75) is 13.0 Å². The molecule has 1 aromatic rings. The third-order valence-electron chi connectivity index (χ3n) is 1.97. The standard InChI is InChI=1S/C9H11N3O5/c1-5(4-13)11-8-7(12(16)17)2-6(3-10-8)9(14)15/h2-3,5,13H,4H2,1H3,(H,10,11)(H,14,15). The summed E-state index contributed by atoms with van der Waals surface area (Å²) in [5.41, 5.74) is -0.705. The molecule has 0 amide bonds. The van der Waals surface area contributed by atoms with Gasteiger partial charge in [-0.05, 0) is 6.92 Å². The third kappa shape index (κ3) is 3.11. The number of aromatic nitrogens is 1. The molecule has 0 radical (unpaired) electrons. The number of aliphatic hydroxyl groups is 1. The van der Waals surface area contributed by atoms with E-state index in [-0.39, 0.29) is 18.0 Å². The van der Waals surface area contributed by atoms with Gasteiger partial charge in [-0.25, -0.2) is 9.78 Å². The number of nitrogens with one attached hydrogen (secondary N) is 1. The lowest BCUT2D eigenvalue weighted by Crippen LogP contribution is -2.21. The number of hydrogen-bond donors (Lipinski definition) is 3. The fraction of sp³-hybridized carbons (Fsp3) is 0.333. The monoisotopic (exact) mass is 241 g/mol. The minimum atomic E-state index is -1.29. The highest BCUT2D eigenvalue weighted by atomic mass is 16.6. The maximum Gasteiger partial charge on any atom is 0.337 e. The first-order chi connectivity index (χ1) is 7.95. The van der Waals surface area contributed by atoms with Gasteiger partial charge in [0.2, 0.25) is 5.82 Å². The maximum absolute atomic E-state index is 10.7. The van der Waals surface area contributed by atoms with Crippen molar-refractivity contribution in [3.8, 4) is 0 Å². The van der Waals surface area contributed by atoms with Crippen LogP contribution in [0.15, 0.2) is 12.3 Å². The molecule has 1 heterocycles. The lowest BCUT2D eigenvalue weighted by atomic mass is 10.2. The second-order valence-electron chi connectivity index (χ2n) is 3.38. The van der Waals surface area contributed by atoms with Gasteiger partial charge in [0.05, 0.1) is 17.1 Å². The zero-order valence-electron chi connectivity index (χ0n) is 8.95. The summed E-state index contributed by atoms with van der Waals surface area (Å²) in [5.74, 6) is -1.36. The number of hydrogen-bond acceptors (Lipinski definition) is 6. The van der Waals surface area contributed by atoms with Crippen molar-refractivity contribution in [3.05, 3.63) is 27.9 Å². The Morgan fingerprint density at radius 1 is 1.71 bits per heavy atom. The van der Waals surface area contributed by atoms with Crippen molar-refractivity contribution in [1.29, 1.82) is 0 Å². The van der Waals surface area contributed by atoms with E-state index in [0.29, 0.717) is 0 Å². The zero-order valence-corrected chi connectivity index (χ0v) is 8.95. The molecule has 0 aliphatic rings. The van der Waals surface area contributed by atoms with Crippen molar-refractivity contribution < 1.29 is 19.9 Å². The highest BCUT2D eigenvalue weighted by molar-refractivity contribution is 5.88. The average Bonchev–Trinajstić information content (AvgIpc) is 2.28. The number of nitrogens with zero attached hydrogens (tertiary/aromatic N) is 2. The topological polar surface area (TPSA) is 126 Å². The van der Waals surface area contributed by atoms with E-state index in [0.717, 1.165) is 12.3 Å². The number of carbonyl (C=O) groups is 1. The molecule has 0 saturated heterocycles. The number of aliphatic hydroxyl groups excluding tert-OH is 1. The van der Waals surface area contributed by atoms with Crippen molar-refractivity contribution in [1.82, 2.24) is 4.98 Å². The molecule has 1 rings (SSSR count). The molecule has 0 bridgehead atoms. The summed E-state index contributed by atoms with van der Waals surface area (Å²) in [6.07, 6.45) is 1.02. The van der Waals surface area contributed by atoms with Gasteiger partial charge in [0, 0.05) is 18.3 Å². The van der Waals surface area contributed by atoms with Gasteiger partial charge in [-0.1, -0.05) is 0 Å². The van der Waals surface area contributed by atoms with Crippen LogP contribution in [0.5, 0.6) is 0 Å². The quantitative estimate of drug-likeness (QED) is 0.505. The Balaban J connectivity index is 3.13. The fourth-order valence-corrected chi connectivity index (χ4v) is 1.10. The van der Waals surface area contributed by atoms with Crippen LogP contribution in [-0.4, -0.2) is 38.7 Å². The molecule has 1 atom stereocenters. The summed E-state index contributed by atoms with van der Waals surface area (Å²) in [6, 6.07) is 0.499. The summed E-state index contributed by atoms with van der Waals surface area (Å²) in [6.45, 7) is 1.38. The van der Waals surface area contributed by atoms with Gasteiger partial charge in [0.1, 0.15) is 0 Å². The number of pyridine rings is 1. The van der Waals surface area contributed by atoms with Gasteiger partial charge in [0.15, 0.2) is 0 Å². The summed E-state index contributed by atoms with van der Waals surface area (Å²) < 4.78 is 0. The first kappa shape index (κ1) is 12.8. The molecule has 8 heteroatoms. The average molecular weight is 241 g/mol. The number of rotatable bonds is 5. The Bertz CT molecular complexity index is 448. The fourth-order valence-electron chi connectivity index (χ4n) is 1.10. The summed E-state index contributed by atoms with van der Waals surface area (Å²) in [4.78, 5) is 24.3. The second kappa shape index (κ2) is 5.21. The molecular weight excluding hydrogens is 230 g/mol. The molecule has 0 fully saturated rings. The molecule has 92 valence electrons. The number of aromatic carboxylic acids is 1. The molecule has 1 unspecified atom stereocenters. The number of nitro groups is 1. The van der Waals surface area contributed by atoms with Crippen molar-refractivity contribution in [2.24, 2.45) is 0 Å². The molecule has 3 N–H and O–H groups in total. The van der Waals surface area contributed by atoms with E-state index in [1.807, 2.05) is 0 Å². The minimum absolute atomic E-state index is 0.0680. The Morgan fingerprint density at radius 3 is 2.82 bits per heavy atom. The molecule has 0 aliphatic heterocycles. The molecule has 0 aliphatic carbocycles. The van der Waals surface area contributed by atoms with Gasteiger partial charge in [-0.3, -0.25) is 10.1 Å². The van der Waals surface area contributed by atoms with E-state index in [9.17, 15) is 14.9 Å². The van der Waals surface area contributed by atoms with E-state index < -0.39 is 22.6 Å². The third-order valence-corrected chi connectivity index (χ3v) is 1.97. The van der Waals surface area contributed by atoms with Crippen LogP contribution >= 0.6 is 0 Å². The summed E-state index contributed by atoms with van der Waals surface area (Å²) >= 11 is 0. The number of carboxylic acid groups (broad SMARTS) is 1. The van der Waals surface area contributed by atoms with E-state index in [4.69, 9.17) is 10.2 Å². The molecular formula is C9H11N3O5. The Labute approximate surface area is 96.1 Å². The molecule has 1 aromatic heterocycles. The van der Waals surface area contributed by atoms with Crippen molar-refractivity contribution in [2.75, 3.05) is 11.9 Å². The van der Waals surface area contributed by atoms with E-state index >= 15 is 0 Å². The zero-order chi connectivity index (χ0) is 13.0. The normalized spacial score (nSPS) is 11.9. The summed E-state index contributed by atoms with van der Waals surface area (Å²) in [5, 5.41) is 30.8. The Morgan fingerprint density at radius 2 is 2.35 bits per heavy atom. The smallest absolute Gasteiger partial charge is 0.337 e. The lowest BCUT2D eigenvalue weighted by Gasteiger charge is -2.11. The number of carboxylic acids is 1. The maximum atomic E-state index is 10.7. The number of anilines is 1. The van der Waals surface area contributed by atoms with Gasteiger partial charge in [-0.2, -0.15) is 0 Å². The van der Waals surface area contributed by atoms with Gasteiger partial charge in [-0.15, -0.1) is 0 Å². The molecule has 0 saturated carbocycles. The largest absolute Gasteiger partial charge is 0.478 e. The van der Waals surface area contributed by atoms with Crippen molar-refractivity contribution >= 4 is 17.5 Å². The lowest BCUT2D eigenvalue weighted by molar-refractivity contribution is -0.384. The van der Waals surface area contributed by atoms with Crippen LogP contribution < -0.4 is 5.32 Å². The predicted octanol–water partition coefficient (Wildman–Crippen LogP) is 0.481. The van der Waals surface area contributed by atoms with E-state index in [1.54, 1.807) is 6.92 Å². The molecule has 8 nitrogen and oxygen atoms in total. The van der Waals surface area contributed by atoms with Crippen LogP contribution in [-0.2, 0) is 0 Å². The van der Waals surface area contributed by atoms with Gasteiger partial charge in [0.25, 0.3) is 0 Å². The van der Waals surface area contributed by atoms with Crippen LogP contribution in [0.1, 0.15) is 17.3 Å². The van der Waals surface area contributed by atoms with E-state index in [1.165, 1.54) is 0 Å². The van der Waals surface area contributed by atoms with Gasteiger partial charge < -0.3 is 15.5 Å². The minimum Gasteiger partial charge on any atom is -0.478 e. The highest BCUT2D eigenvalue weighted by Gasteiger charge is 2.19. The first-order valence-corrected chi connectivity index (χ1v) is 4.70. The van der Waals surface area contributed by atoms with Crippen LogP contribution in [0, 0.1) is 10.1 Å². The predicted molar refractivity (Wildman–Crippen MR) is 58.0 cm³/mol. The SMILES string of the molecule is CC(CO)Nc1ncc(C(=O)O)cc1[N+](=O)[O-]. The van der Waals surface area contributed by atoms with Crippen LogP contribution in [0.2, 0.25) is 0 Å². The van der Waals surface area contributed by atoms with Crippen LogP contribution in [0.3, 0.4) is 0 Å². The molecule has 17 heavy (non-hydrogen) atoms. The van der Waals surface area contributed by atoms with Crippen molar-refractivity contribution in [3.63, 3.8) is 0 Å². The van der Waals surface area contributed by atoms with Crippen LogP contribution in [0.4, 0.5) is 11.5 Å². The van der Waals surface area contributed by atoms with Gasteiger partial charge >= 0.3 is 11.7 Å². The Hall–Kier alpha value is -2.22. The molecule has 0 aromatic carbocycles. The first-order valence-electron chi connectivity index (χ1n) is 4.70.